The maximum absolute atomic E-state index is 10.3. The van der Waals surface area contributed by atoms with Gasteiger partial charge in [0.15, 0.2) is 0 Å². The lowest BCUT2D eigenvalue weighted by Gasteiger charge is -2.39. The topological polar surface area (TPSA) is 20.2 Å². The first kappa shape index (κ1) is 8.89. The smallest absolute Gasteiger partial charge is 0.0691 e. The Morgan fingerprint density at radius 2 is 1.75 bits per heavy atom. The number of rotatable bonds is 1. The van der Waals surface area contributed by atoms with Crippen LogP contribution in [0.4, 0.5) is 0 Å². The van der Waals surface area contributed by atoms with E-state index in [1.165, 1.54) is 12.8 Å². The minimum Gasteiger partial charge on any atom is -0.390 e. The van der Waals surface area contributed by atoms with E-state index in [-0.39, 0.29) is 5.60 Å². The van der Waals surface area contributed by atoms with Crippen LogP contribution in [0, 0.1) is 5.92 Å². The van der Waals surface area contributed by atoms with Crippen molar-refractivity contribution in [1.82, 2.24) is 0 Å². The third kappa shape index (κ3) is 1.39. The molecule has 0 spiro atoms. The molecule has 2 aliphatic rings. The summed E-state index contributed by atoms with van der Waals surface area (Å²) >= 11 is 2.11. The Morgan fingerprint density at radius 3 is 2.17 bits per heavy atom. The van der Waals surface area contributed by atoms with Gasteiger partial charge in [0, 0.05) is 10.5 Å². The molecule has 0 amide bonds. The zero-order chi connectivity index (χ0) is 8.77. The van der Waals surface area contributed by atoms with E-state index in [0.717, 1.165) is 23.3 Å². The predicted molar refractivity (Wildman–Crippen MR) is 53.4 cm³/mol. The van der Waals surface area contributed by atoms with Gasteiger partial charge in [0.05, 0.1) is 5.60 Å². The quantitative estimate of drug-likeness (QED) is 0.678. The van der Waals surface area contributed by atoms with Crippen LogP contribution in [0.5, 0.6) is 0 Å². The van der Waals surface area contributed by atoms with Crippen LogP contribution in [0.15, 0.2) is 0 Å². The summed E-state index contributed by atoms with van der Waals surface area (Å²) in [5, 5.41) is 11.8. The molecule has 1 N–H and O–H groups in total. The van der Waals surface area contributed by atoms with Crippen molar-refractivity contribution in [2.24, 2.45) is 5.92 Å². The van der Waals surface area contributed by atoms with Gasteiger partial charge in [-0.25, -0.2) is 0 Å². The summed E-state index contributed by atoms with van der Waals surface area (Å²) in [4.78, 5) is 0. The first-order chi connectivity index (χ1) is 5.60. The van der Waals surface area contributed by atoms with Crippen molar-refractivity contribution in [2.45, 2.75) is 55.6 Å². The molecule has 0 aromatic rings. The molecule has 2 fully saturated rings. The summed E-state index contributed by atoms with van der Waals surface area (Å²) in [5.74, 6) is 0.432. The third-order valence-electron chi connectivity index (χ3n) is 3.43. The zero-order valence-electron chi connectivity index (χ0n) is 7.92. The van der Waals surface area contributed by atoms with Crippen molar-refractivity contribution in [3.63, 3.8) is 0 Å². The normalized spacial score (nSPS) is 47.0. The zero-order valence-corrected chi connectivity index (χ0v) is 8.73. The van der Waals surface area contributed by atoms with Gasteiger partial charge >= 0.3 is 0 Å². The van der Waals surface area contributed by atoms with Crippen LogP contribution < -0.4 is 0 Å². The standard InChI is InChI=1S/C10H18OS/c1-7(2)10(11)5-8-3-4-9(6-10)12-8/h7-9,11H,3-6H2,1-2H3/t8-,9+,10+. The lowest BCUT2D eigenvalue weighted by molar-refractivity contribution is -0.0196. The fraction of sp³-hybridized carbons (Fsp3) is 1.00. The summed E-state index contributed by atoms with van der Waals surface area (Å²) in [7, 11) is 0. The molecule has 1 nitrogen and oxygen atoms in total. The lowest BCUT2D eigenvalue weighted by atomic mass is 9.83. The Labute approximate surface area is 78.9 Å². The Kier molecular flexibility index (Phi) is 2.16. The molecule has 2 heterocycles. The Morgan fingerprint density at radius 1 is 1.25 bits per heavy atom. The van der Waals surface area contributed by atoms with Crippen molar-refractivity contribution in [1.29, 1.82) is 0 Å². The third-order valence-corrected chi connectivity index (χ3v) is 5.01. The lowest BCUT2D eigenvalue weighted by Crippen LogP contribution is -2.41. The number of hydrogen-bond acceptors (Lipinski definition) is 2. The maximum atomic E-state index is 10.3. The minimum absolute atomic E-state index is 0.336. The number of aliphatic hydroxyl groups is 1. The van der Waals surface area contributed by atoms with Crippen molar-refractivity contribution in [3.05, 3.63) is 0 Å². The Hall–Kier alpha value is 0.310. The molecule has 0 aliphatic carbocycles. The van der Waals surface area contributed by atoms with Crippen molar-refractivity contribution < 1.29 is 5.11 Å². The molecule has 0 radical (unpaired) electrons. The fourth-order valence-corrected chi connectivity index (χ4v) is 4.28. The molecule has 2 saturated heterocycles. The van der Waals surface area contributed by atoms with Crippen LogP contribution in [-0.4, -0.2) is 21.2 Å². The van der Waals surface area contributed by atoms with Crippen molar-refractivity contribution in [3.8, 4) is 0 Å². The summed E-state index contributed by atoms with van der Waals surface area (Å²) in [6.07, 6.45) is 4.74. The van der Waals surface area contributed by atoms with Crippen molar-refractivity contribution in [2.75, 3.05) is 0 Å². The van der Waals surface area contributed by atoms with Gasteiger partial charge in [-0.1, -0.05) is 13.8 Å². The van der Waals surface area contributed by atoms with E-state index in [0.29, 0.717) is 5.92 Å². The Balaban J connectivity index is 2.10. The van der Waals surface area contributed by atoms with Crippen LogP contribution in [0.25, 0.3) is 0 Å². The number of thioether (sulfide) groups is 1. The summed E-state index contributed by atoms with van der Waals surface area (Å²) in [5.41, 5.74) is -0.336. The van der Waals surface area contributed by atoms with E-state index in [1.807, 2.05) is 0 Å². The van der Waals surface area contributed by atoms with Gasteiger partial charge in [-0.15, -0.1) is 0 Å². The average molecular weight is 186 g/mol. The van der Waals surface area contributed by atoms with Gasteiger partial charge in [0.1, 0.15) is 0 Å². The molecule has 70 valence electrons. The summed E-state index contributed by atoms with van der Waals surface area (Å²) in [6.45, 7) is 4.30. The molecule has 0 unspecified atom stereocenters. The first-order valence-corrected chi connectivity index (χ1v) is 5.92. The van der Waals surface area contributed by atoms with E-state index in [1.54, 1.807) is 0 Å². The molecular formula is C10H18OS. The highest BCUT2D eigenvalue weighted by molar-refractivity contribution is 8.00. The predicted octanol–water partition coefficient (Wildman–Crippen LogP) is 2.43. The highest BCUT2D eigenvalue weighted by Gasteiger charge is 2.44. The average Bonchev–Trinajstić information content (AvgIpc) is 2.30. The molecule has 2 aliphatic heterocycles. The van der Waals surface area contributed by atoms with Gasteiger partial charge in [-0.3, -0.25) is 0 Å². The van der Waals surface area contributed by atoms with Crippen LogP contribution in [0.2, 0.25) is 0 Å². The molecule has 0 aromatic carbocycles. The second-order valence-electron chi connectivity index (χ2n) is 4.62. The maximum Gasteiger partial charge on any atom is 0.0691 e. The van der Waals surface area contributed by atoms with Crippen LogP contribution in [0.1, 0.15) is 39.5 Å². The minimum atomic E-state index is -0.336. The van der Waals surface area contributed by atoms with E-state index in [9.17, 15) is 5.11 Å². The molecule has 0 saturated carbocycles. The van der Waals surface area contributed by atoms with Crippen LogP contribution in [-0.2, 0) is 0 Å². The SMILES string of the molecule is CC(C)[C@]1(O)C[C@H]2CC[C@@H](C1)S2. The van der Waals surface area contributed by atoms with E-state index < -0.39 is 0 Å². The molecule has 3 atom stereocenters. The first-order valence-electron chi connectivity index (χ1n) is 4.98. The van der Waals surface area contributed by atoms with Crippen molar-refractivity contribution >= 4 is 11.8 Å². The second-order valence-corrected chi connectivity index (χ2v) is 6.23. The van der Waals surface area contributed by atoms with Gasteiger partial charge in [-0.2, -0.15) is 11.8 Å². The summed E-state index contributed by atoms with van der Waals surface area (Å²) in [6, 6.07) is 0. The molecule has 12 heavy (non-hydrogen) atoms. The number of hydrogen-bond donors (Lipinski definition) is 1. The van der Waals surface area contributed by atoms with E-state index >= 15 is 0 Å². The Bertz CT molecular complexity index is 167. The van der Waals surface area contributed by atoms with Gasteiger partial charge in [0.2, 0.25) is 0 Å². The van der Waals surface area contributed by atoms with E-state index in [2.05, 4.69) is 25.6 Å². The van der Waals surface area contributed by atoms with Gasteiger partial charge in [0.25, 0.3) is 0 Å². The molecule has 2 bridgehead atoms. The highest BCUT2D eigenvalue weighted by atomic mass is 32.2. The fourth-order valence-electron chi connectivity index (χ4n) is 2.42. The summed E-state index contributed by atoms with van der Waals surface area (Å²) < 4.78 is 0. The van der Waals surface area contributed by atoms with Gasteiger partial charge < -0.3 is 5.11 Å². The monoisotopic (exact) mass is 186 g/mol. The van der Waals surface area contributed by atoms with E-state index in [4.69, 9.17) is 0 Å². The number of fused-ring (bicyclic) bond motifs is 2. The largest absolute Gasteiger partial charge is 0.390 e. The molecule has 0 aromatic heterocycles. The van der Waals surface area contributed by atoms with Crippen LogP contribution >= 0.6 is 11.8 Å². The highest BCUT2D eigenvalue weighted by Crippen LogP contribution is 2.49. The second kappa shape index (κ2) is 2.91. The van der Waals surface area contributed by atoms with Crippen LogP contribution in [0.3, 0.4) is 0 Å². The molecule has 2 rings (SSSR count). The molecular weight excluding hydrogens is 168 g/mol. The molecule has 2 heteroatoms. The van der Waals surface area contributed by atoms with Gasteiger partial charge in [-0.05, 0) is 31.6 Å².